The monoisotopic (exact) mass is 615 g/mol. The number of hydrogen-bond donors (Lipinski definition) is 1. The summed E-state index contributed by atoms with van der Waals surface area (Å²) in [4.78, 5) is 28.9. The zero-order valence-corrected chi connectivity index (χ0v) is 25.8. The van der Waals surface area contributed by atoms with Gasteiger partial charge in [0.05, 0.1) is 10.6 Å². The van der Waals surface area contributed by atoms with Crippen LogP contribution in [0.25, 0.3) is 0 Å². The molecule has 3 aromatic carbocycles. The van der Waals surface area contributed by atoms with Crippen LogP contribution in [0, 0.1) is 13.8 Å². The molecule has 0 bridgehead atoms. The first-order valence-electron chi connectivity index (χ1n) is 13.7. The maximum absolute atomic E-state index is 14.1. The van der Waals surface area contributed by atoms with E-state index in [0.29, 0.717) is 21.2 Å². The van der Waals surface area contributed by atoms with Gasteiger partial charge in [-0.15, -0.1) is 0 Å². The predicted octanol–water partition coefficient (Wildman–Crippen LogP) is 6.28. The minimum absolute atomic E-state index is 0.0324. The Morgan fingerprint density at radius 2 is 1.56 bits per heavy atom. The van der Waals surface area contributed by atoms with Gasteiger partial charge in [-0.3, -0.25) is 13.9 Å². The van der Waals surface area contributed by atoms with Gasteiger partial charge in [-0.05, 0) is 75.1 Å². The number of aryl methyl sites for hydroxylation is 1. The maximum Gasteiger partial charge on any atom is 0.264 e. The van der Waals surface area contributed by atoms with Crippen LogP contribution in [0.3, 0.4) is 0 Å². The first-order chi connectivity index (χ1) is 19.5. The first-order valence-corrected chi connectivity index (χ1v) is 15.9. The summed E-state index contributed by atoms with van der Waals surface area (Å²) in [6.07, 6.45) is 3.89. The molecule has 41 heavy (non-hydrogen) atoms. The van der Waals surface area contributed by atoms with E-state index in [0.717, 1.165) is 35.6 Å². The van der Waals surface area contributed by atoms with E-state index in [1.54, 1.807) is 68.4 Å². The summed E-state index contributed by atoms with van der Waals surface area (Å²) in [6.45, 7) is 4.72. The van der Waals surface area contributed by atoms with E-state index >= 15 is 0 Å². The van der Waals surface area contributed by atoms with E-state index in [1.165, 1.54) is 17.0 Å². The molecule has 3 aromatic rings. The van der Waals surface area contributed by atoms with E-state index < -0.39 is 28.5 Å². The molecule has 1 N–H and O–H groups in total. The Kier molecular flexibility index (Phi) is 10.00. The molecule has 0 saturated heterocycles. The van der Waals surface area contributed by atoms with Gasteiger partial charge in [0.1, 0.15) is 12.6 Å². The zero-order chi connectivity index (χ0) is 29.7. The van der Waals surface area contributed by atoms with Crippen molar-refractivity contribution in [2.24, 2.45) is 0 Å². The van der Waals surface area contributed by atoms with Crippen LogP contribution in [-0.4, -0.2) is 43.8 Å². The van der Waals surface area contributed by atoms with Crippen molar-refractivity contribution >= 4 is 50.7 Å². The molecular formula is C31H35Cl2N3O4S. The third kappa shape index (κ3) is 7.23. The van der Waals surface area contributed by atoms with Crippen LogP contribution in [0.4, 0.5) is 5.69 Å². The average Bonchev–Trinajstić information content (AvgIpc) is 3.45. The first kappa shape index (κ1) is 30.9. The van der Waals surface area contributed by atoms with Crippen LogP contribution in [0.1, 0.15) is 49.3 Å². The normalized spacial score (nSPS) is 14.5. The molecule has 2 amide bonds. The summed E-state index contributed by atoms with van der Waals surface area (Å²) in [5.41, 5.74) is 2.35. The summed E-state index contributed by atoms with van der Waals surface area (Å²) >= 11 is 12.8. The second-order valence-electron chi connectivity index (χ2n) is 10.5. The molecule has 1 atom stereocenters. The number of nitrogens with zero attached hydrogens (tertiary/aromatic N) is 2. The fourth-order valence-corrected chi connectivity index (χ4v) is 6.84. The molecule has 218 valence electrons. The Bertz CT molecular complexity index is 1510. The van der Waals surface area contributed by atoms with Crippen LogP contribution in [0.15, 0.2) is 71.6 Å². The molecule has 0 aliphatic heterocycles. The van der Waals surface area contributed by atoms with Crippen LogP contribution in [-0.2, 0) is 26.2 Å². The number of benzene rings is 3. The summed E-state index contributed by atoms with van der Waals surface area (Å²) in [6, 6.07) is 17.6. The highest BCUT2D eigenvalue weighted by atomic mass is 35.5. The van der Waals surface area contributed by atoms with Crippen molar-refractivity contribution in [3.05, 3.63) is 93.5 Å². The topological polar surface area (TPSA) is 86.8 Å². The third-order valence-electron chi connectivity index (χ3n) is 7.56. The molecule has 4 rings (SSSR count). The number of carbonyl (C=O) groups excluding carboxylic acids is 2. The van der Waals surface area contributed by atoms with Crippen molar-refractivity contribution in [1.29, 1.82) is 0 Å². The molecule has 1 saturated carbocycles. The van der Waals surface area contributed by atoms with Gasteiger partial charge in [0.15, 0.2) is 0 Å². The lowest BCUT2D eigenvalue weighted by molar-refractivity contribution is -0.139. The number of hydrogen-bond acceptors (Lipinski definition) is 4. The number of anilines is 1. The smallest absolute Gasteiger partial charge is 0.264 e. The predicted molar refractivity (Wildman–Crippen MR) is 164 cm³/mol. The standard InChI is InChI=1S/C31H35Cl2N3O4S/c1-21-15-17-26(18-16-21)41(39,40)36(29-14-8-13-27(32)22(29)2)20-30(37)35(19-24-9-4-7-12-28(24)33)23(3)31(38)34-25-10-5-6-11-25/h4,7-9,12-18,23,25H,5-6,10-11,19-20H2,1-3H3,(H,34,38). The molecule has 1 aliphatic carbocycles. The van der Waals surface area contributed by atoms with E-state index in [-0.39, 0.29) is 29.1 Å². The number of nitrogens with one attached hydrogen (secondary N) is 1. The lowest BCUT2D eigenvalue weighted by atomic mass is 10.1. The van der Waals surface area contributed by atoms with Gasteiger partial charge in [-0.2, -0.15) is 0 Å². The lowest BCUT2D eigenvalue weighted by Gasteiger charge is -2.33. The Hall–Kier alpha value is -3.07. The molecular weight excluding hydrogens is 581 g/mol. The van der Waals surface area contributed by atoms with Crippen molar-refractivity contribution in [1.82, 2.24) is 10.2 Å². The molecule has 1 aliphatic rings. The molecule has 1 unspecified atom stereocenters. The van der Waals surface area contributed by atoms with E-state index in [9.17, 15) is 18.0 Å². The van der Waals surface area contributed by atoms with Gasteiger partial charge in [-0.25, -0.2) is 8.42 Å². The van der Waals surface area contributed by atoms with E-state index in [4.69, 9.17) is 23.2 Å². The molecule has 7 nitrogen and oxygen atoms in total. The number of sulfonamides is 1. The highest BCUT2D eigenvalue weighted by molar-refractivity contribution is 7.92. The van der Waals surface area contributed by atoms with E-state index in [2.05, 4.69) is 5.32 Å². The van der Waals surface area contributed by atoms with Crippen LogP contribution in [0.5, 0.6) is 0 Å². The molecule has 10 heteroatoms. The van der Waals surface area contributed by atoms with Gasteiger partial charge in [0, 0.05) is 22.6 Å². The maximum atomic E-state index is 14.1. The van der Waals surface area contributed by atoms with Gasteiger partial charge in [0.2, 0.25) is 11.8 Å². The summed E-state index contributed by atoms with van der Waals surface area (Å²) in [5, 5.41) is 3.88. The SMILES string of the molecule is Cc1ccc(S(=O)(=O)N(CC(=O)N(Cc2ccccc2Cl)C(C)C(=O)NC2CCCC2)c2cccc(Cl)c2C)cc1. The van der Waals surface area contributed by atoms with Crippen LogP contribution < -0.4 is 9.62 Å². The molecule has 0 radical (unpaired) electrons. The minimum Gasteiger partial charge on any atom is -0.352 e. The highest BCUT2D eigenvalue weighted by Crippen LogP contribution is 2.31. The fourth-order valence-electron chi connectivity index (χ4n) is 5.00. The second-order valence-corrected chi connectivity index (χ2v) is 13.2. The largest absolute Gasteiger partial charge is 0.352 e. The Balaban J connectivity index is 1.73. The number of halogens is 2. The van der Waals surface area contributed by atoms with Crippen molar-refractivity contribution in [2.75, 3.05) is 10.8 Å². The number of rotatable bonds is 10. The lowest BCUT2D eigenvalue weighted by Crippen LogP contribution is -2.52. The van der Waals surface area contributed by atoms with Gasteiger partial charge < -0.3 is 10.2 Å². The van der Waals surface area contributed by atoms with Crippen molar-refractivity contribution in [2.45, 2.75) is 70.0 Å². The van der Waals surface area contributed by atoms with Crippen molar-refractivity contribution in [3.8, 4) is 0 Å². The zero-order valence-electron chi connectivity index (χ0n) is 23.4. The summed E-state index contributed by atoms with van der Waals surface area (Å²) in [7, 11) is -4.18. The molecule has 0 heterocycles. The Labute approximate surface area is 252 Å². The average molecular weight is 617 g/mol. The third-order valence-corrected chi connectivity index (χ3v) is 10.1. The van der Waals surface area contributed by atoms with Gasteiger partial charge in [-0.1, -0.05) is 78.0 Å². The Morgan fingerprint density at radius 1 is 0.927 bits per heavy atom. The highest BCUT2D eigenvalue weighted by Gasteiger charge is 2.34. The molecule has 1 fully saturated rings. The van der Waals surface area contributed by atoms with Crippen LogP contribution >= 0.6 is 23.2 Å². The number of amides is 2. The summed E-state index contributed by atoms with van der Waals surface area (Å²) in [5.74, 6) is -0.835. The molecule has 0 spiro atoms. The Morgan fingerprint density at radius 3 is 2.22 bits per heavy atom. The quantitative estimate of drug-likeness (QED) is 0.291. The van der Waals surface area contributed by atoms with Crippen LogP contribution in [0.2, 0.25) is 10.0 Å². The van der Waals surface area contributed by atoms with Gasteiger partial charge in [0.25, 0.3) is 10.0 Å². The fraction of sp³-hybridized carbons (Fsp3) is 0.355. The van der Waals surface area contributed by atoms with E-state index in [1.807, 2.05) is 6.92 Å². The van der Waals surface area contributed by atoms with Crippen molar-refractivity contribution in [3.63, 3.8) is 0 Å². The number of carbonyl (C=O) groups is 2. The minimum atomic E-state index is -4.18. The molecule has 0 aromatic heterocycles. The second kappa shape index (κ2) is 13.3. The van der Waals surface area contributed by atoms with Gasteiger partial charge >= 0.3 is 0 Å². The summed E-state index contributed by atoms with van der Waals surface area (Å²) < 4.78 is 29.1. The van der Waals surface area contributed by atoms with Crippen molar-refractivity contribution < 1.29 is 18.0 Å².